The van der Waals surface area contributed by atoms with Gasteiger partial charge in [-0.05, 0) is 58.7 Å². The molecular weight excluding hydrogens is 407 g/mol. The summed E-state index contributed by atoms with van der Waals surface area (Å²) in [5.41, 5.74) is 5.05. The lowest BCUT2D eigenvalue weighted by molar-refractivity contribution is -0.134. The van der Waals surface area contributed by atoms with Crippen LogP contribution in [0.3, 0.4) is 0 Å². The number of anilines is 2. The topological polar surface area (TPSA) is 49.9 Å². The third-order valence-electron chi connectivity index (χ3n) is 5.00. The van der Waals surface area contributed by atoms with E-state index in [4.69, 9.17) is 0 Å². The van der Waals surface area contributed by atoms with Gasteiger partial charge in [0.2, 0.25) is 6.41 Å². The zero-order valence-electron chi connectivity index (χ0n) is 18.3. The SMILES string of the molecule is COC(=O)/C=C/c1cc(F)cc(N(C=O)Cc2ccc(-c3ccc(N(C)C)cc3)cc2)c1. The predicted molar refractivity (Wildman–Crippen MR) is 126 cm³/mol. The zero-order chi connectivity index (χ0) is 23.1. The Morgan fingerprint density at radius 3 is 2.12 bits per heavy atom. The number of hydrogen-bond acceptors (Lipinski definition) is 4. The molecule has 0 aliphatic carbocycles. The van der Waals surface area contributed by atoms with E-state index < -0.39 is 11.8 Å². The third-order valence-corrected chi connectivity index (χ3v) is 5.00. The standard InChI is InChI=1S/C26H25FN2O3/c1-28(2)24-11-9-22(10-12-24)21-7-4-19(5-8-21)17-29(18-30)25-15-20(14-23(27)16-25)6-13-26(31)32-3/h4-16,18H,17H2,1-3H3/b13-6+. The number of esters is 1. The van der Waals surface area contributed by atoms with Crippen LogP contribution in [0, 0.1) is 5.82 Å². The Kier molecular flexibility index (Phi) is 7.39. The average molecular weight is 432 g/mol. The van der Waals surface area contributed by atoms with Gasteiger partial charge in [0, 0.05) is 31.5 Å². The van der Waals surface area contributed by atoms with Crippen LogP contribution in [0.15, 0.2) is 72.8 Å². The largest absolute Gasteiger partial charge is 0.466 e. The van der Waals surface area contributed by atoms with Gasteiger partial charge in [-0.15, -0.1) is 0 Å². The molecular formula is C26H25FN2O3. The molecule has 0 spiro atoms. The van der Waals surface area contributed by atoms with Crippen LogP contribution in [-0.2, 0) is 20.9 Å². The van der Waals surface area contributed by atoms with Gasteiger partial charge < -0.3 is 14.5 Å². The van der Waals surface area contributed by atoms with Gasteiger partial charge in [-0.1, -0.05) is 36.4 Å². The van der Waals surface area contributed by atoms with Crippen molar-refractivity contribution in [2.75, 3.05) is 31.0 Å². The number of ether oxygens (including phenoxy) is 1. The Hall–Kier alpha value is -3.93. The van der Waals surface area contributed by atoms with Crippen LogP contribution in [0.25, 0.3) is 17.2 Å². The molecule has 0 aliphatic rings. The van der Waals surface area contributed by atoms with Crippen LogP contribution in [0.5, 0.6) is 0 Å². The third kappa shape index (κ3) is 5.82. The molecule has 32 heavy (non-hydrogen) atoms. The summed E-state index contributed by atoms with van der Waals surface area (Å²) in [6, 6.07) is 20.4. The zero-order valence-corrected chi connectivity index (χ0v) is 18.3. The van der Waals surface area contributed by atoms with Crippen molar-refractivity contribution in [1.82, 2.24) is 0 Å². The molecule has 0 aliphatic heterocycles. The Morgan fingerprint density at radius 2 is 1.56 bits per heavy atom. The Balaban J connectivity index is 1.77. The highest BCUT2D eigenvalue weighted by molar-refractivity contribution is 5.87. The molecule has 0 saturated heterocycles. The first kappa shape index (κ1) is 22.7. The van der Waals surface area contributed by atoms with Crippen molar-refractivity contribution in [3.63, 3.8) is 0 Å². The molecule has 0 fully saturated rings. The lowest BCUT2D eigenvalue weighted by atomic mass is 10.0. The number of methoxy groups -OCH3 is 1. The van der Waals surface area contributed by atoms with Crippen LogP contribution < -0.4 is 9.80 Å². The van der Waals surface area contributed by atoms with E-state index in [-0.39, 0.29) is 6.54 Å². The fourth-order valence-corrected chi connectivity index (χ4v) is 3.23. The molecule has 0 saturated carbocycles. The van der Waals surface area contributed by atoms with Crippen molar-refractivity contribution in [2.45, 2.75) is 6.54 Å². The summed E-state index contributed by atoms with van der Waals surface area (Å²) in [5, 5.41) is 0. The number of nitrogens with zero attached hydrogens (tertiary/aromatic N) is 2. The van der Waals surface area contributed by atoms with Crippen molar-refractivity contribution >= 4 is 29.8 Å². The van der Waals surface area contributed by atoms with E-state index in [0.29, 0.717) is 17.7 Å². The number of amides is 1. The van der Waals surface area contributed by atoms with Gasteiger partial charge in [0.15, 0.2) is 0 Å². The average Bonchev–Trinajstić information content (AvgIpc) is 2.81. The Labute approximate surface area is 187 Å². The number of benzene rings is 3. The van der Waals surface area contributed by atoms with Crippen LogP contribution in [0.1, 0.15) is 11.1 Å². The van der Waals surface area contributed by atoms with E-state index in [0.717, 1.165) is 22.4 Å². The summed E-state index contributed by atoms with van der Waals surface area (Å²) in [5.74, 6) is -1.05. The monoisotopic (exact) mass is 432 g/mol. The second-order valence-corrected chi connectivity index (χ2v) is 7.47. The molecule has 0 bridgehead atoms. The number of hydrogen-bond donors (Lipinski definition) is 0. The highest BCUT2D eigenvalue weighted by Gasteiger charge is 2.10. The van der Waals surface area contributed by atoms with Crippen molar-refractivity contribution in [1.29, 1.82) is 0 Å². The van der Waals surface area contributed by atoms with Gasteiger partial charge in [0.1, 0.15) is 5.82 Å². The fraction of sp³-hybridized carbons (Fsp3) is 0.154. The summed E-state index contributed by atoms with van der Waals surface area (Å²) in [6.45, 7) is 0.285. The number of carbonyl (C=O) groups is 2. The summed E-state index contributed by atoms with van der Waals surface area (Å²) >= 11 is 0. The number of rotatable bonds is 8. The molecule has 1 amide bonds. The molecule has 0 unspecified atom stereocenters. The van der Waals surface area contributed by atoms with Crippen molar-refractivity contribution < 1.29 is 18.7 Å². The quantitative estimate of drug-likeness (QED) is 0.288. The molecule has 0 heterocycles. The molecule has 0 N–H and O–H groups in total. The molecule has 0 radical (unpaired) electrons. The Morgan fingerprint density at radius 1 is 0.938 bits per heavy atom. The maximum Gasteiger partial charge on any atom is 0.330 e. The van der Waals surface area contributed by atoms with Crippen molar-refractivity contribution in [2.24, 2.45) is 0 Å². The molecule has 0 aromatic heterocycles. The van der Waals surface area contributed by atoms with Gasteiger partial charge in [-0.25, -0.2) is 9.18 Å². The van der Waals surface area contributed by atoms with Gasteiger partial charge in [0.05, 0.1) is 13.7 Å². The molecule has 164 valence electrons. The van der Waals surface area contributed by atoms with Gasteiger partial charge >= 0.3 is 5.97 Å². The molecule has 3 rings (SSSR count). The summed E-state index contributed by atoms with van der Waals surface area (Å²) in [7, 11) is 5.26. The van der Waals surface area contributed by atoms with Crippen LogP contribution in [0.2, 0.25) is 0 Å². The second kappa shape index (κ2) is 10.4. The molecule has 3 aromatic rings. The van der Waals surface area contributed by atoms with Crippen LogP contribution in [0.4, 0.5) is 15.8 Å². The van der Waals surface area contributed by atoms with Crippen molar-refractivity contribution in [3.8, 4) is 11.1 Å². The maximum absolute atomic E-state index is 14.1. The molecule has 6 heteroatoms. The minimum absolute atomic E-state index is 0.285. The normalized spacial score (nSPS) is 10.8. The highest BCUT2D eigenvalue weighted by Crippen LogP contribution is 2.25. The summed E-state index contributed by atoms with van der Waals surface area (Å²) in [4.78, 5) is 26.5. The predicted octanol–water partition coefficient (Wildman–Crippen LogP) is 4.91. The lowest BCUT2D eigenvalue weighted by Gasteiger charge is -2.19. The maximum atomic E-state index is 14.1. The first-order valence-corrected chi connectivity index (χ1v) is 10.0. The van der Waals surface area contributed by atoms with E-state index in [1.165, 1.54) is 36.3 Å². The van der Waals surface area contributed by atoms with Gasteiger partial charge in [-0.3, -0.25) is 4.79 Å². The Bertz CT molecular complexity index is 1110. The summed E-state index contributed by atoms with van der Waals surface area (Å²) < 4.78 is 18.6. The van der Waals surface area contributed by atoms with E-state index in [1.807, 2.05) is 43.3 Å². The fourth-order valence-electron chi connectivity index (χ4n) is 3.23. The molecule has 5 nitrogen and oxygen atoms in total. The van der Waals surface area contributed by atoms with E-state index in [1.54, 1.807) is 6.07 Å². The lowest BCUT2D eigenvalue weighted by Crippen LogP contribution is -2.20. The number of carbonyl (C=O) groups excluding carboxylic acids is 2. The highest BCUT2D eigenvalue weighted by atomic mass is 19.1. The first-order valence-electron chi connectivity index (χ1n) is 10.0. The van der Waals surface area contributed by atoms with E-state index >= 15 is 0 Å². The van der Waals surface area contributed by atoms with Crippen LogP contribution >= 0.6 is 0 Å². The van der Waals surface area contributed by atoms with E-state index in [9.17, 15) is 14.0 Å². The van der Waals surface area contributed by atoms with Crippen LogP contribution in [-0.4, -0.2) is 33.6 Å². The van der Waals surface area contributed by atoms with Crippen molar-refractivity contribution in [3.05, 3.63) is 89.8 Å². The smallest absolute Gasteiger partial charge is 0.330 e. The van der Waals surface area contributed by atoms with Gasteiger partial charge in [0.25, 0.3) is 0 Å². The molecule has 3 aromatic carbocycles. The second-order valence-electron chi connectivity index (χ2n) is 7.47. The minimum Gasteiger partial charge on any atom is -0.466 e. The molecule has 0 atom stereocenters. The first-order chi connectivity index (χ1) is 15.4. The van der Waals surface area contributed by atoms with Gasteiger partial charge in [-0.2, -0.15) is 0 Å². The minimum atomic E-state index is -0.542. The number of halogens is 1. The van der Waals surface area contributed by atoms with E-state index in [2.05, 4.69) is 29.0 Å². The summed E-state index contributed by atoms with van der Waals surface area (Å²) in [6.07, 6.45) is 3.31.